The van der Waals surface area contributed by atoms with Crippen molar-refractivity contribution in [3.8, 4) is 0 Å². The summed E-state index contributed by atoms with van der Waals surface area (Å²) in [5.74, 6) is -1.48. The third kappa shape index (κ3) is 2.75. The van der Waals surface area contributed by atoms with E-state index >= 15 is 0 Å². The second-order valence-corrected chi connectivity index (χ2v) is 4.00. The van der Waals surface area contributed by atoms with Gasteiger partial charge in [0.15, 0.2) is 0 Å². The van der Waals surface area contributed by atoms with Gasteiger partial charge < -0.3 is 0 Å². The van der Waals surface area contributed by atoms with Gasteiger partial charge in [-0.2, -0.15) is 19.7 Å². The fraction of sp³-hybridized carbons (Fsp3) is 0.200. The van der Waals surface area contributed by atoms with Gasteiger partial charge in [0.25, 0.3) is 5.91 Å². The van der Waals surface area contributed by atoms with Crippen molar-refractivity contribution >= 4 is 17.8 Å². The summed E-state index contributed by atoms with van der Waals surface area (Å²) >= 11 is 0. The van der Waals surface area contributed by atoms with Gasteiger partial charge in [-0.3, -0.25) is 20.0 Å². The quantitative estimate of drug-likeness (QED) is 0.474. The van der Waals surface area contributed by atoms with Crippen LogP contribution in [-0.4, -0.2) is 37.0 Å². The van der Waals surface area contributed by atoms with Gasteiger partial charge in [0, 0.05) is 7.05 Å². The highest BCUT2D eigenvalue weighted by molar-refractivity contribution is 5.96. The first-order chi connectivity index (χ1) is 9.91. The van der Waals surface area contributed by atoms with Gasteiger partial charge in [0.2, 0.25) is 11.6 Å². The second kappa shape index (κ2) is 5.48. The predicted octanol–water partition coefficient (Wildman–Crippen LogP) is 0.263. The number of H-pyrrole nitrogens is 1. The molecule has 0 aliphatic rings. The van der Waals surface area contributed by atoms with Crippen LogP contribution in [0, 0.1) is 23.0 Å². The smallest absolute Gasteiger partial charge is 0.267 e. The number of hydrogen-bond acceptors (Lipinski definition) is 6. The van der Waals surface area contributed by atoms with Crippen molar-refractivity contribution in [3.05, 3.63) is 39.2 Å². The number of aromatic nitrogens is 4. The molecule has 2 rings (SSSR count). The average molecular weight is 295 g/mol. The van der Waals surface area contributed by atoms with Crippen LogP contribution < -0.4 is 5.43 Å². The Morgan fingerprint density at radius 1 is 1.67 bits per heavy atom. The highest BCUT2D eigenvalue weighted by Crippen LogP contribution is 2.14. The van der Waals surface area contributed by atoms with Crippen molar-refractivity contribution in [1.29, 1.82) is 0 Å². The van der Waals surface area contributed by atoms with E-state index in [2.05, 4.69) is 20.4 Å². The van der Waals surface area contributed by atoms with E-state index in [0.29, 0.717) is 5.69 Å². The molecule has 0 aliphatic heterocycles. The summed E-state index contributed by atoms with van der Waals surface area (Å²) < 4.78 is 14.6. The number of carbonyl (C=O) groups excluding carboxylic acids is 1. The summed E-state index contributed by atoms with van der Waals surface area (Å²) in [6, 6.07) is 0. The maximum Gasteiger partial charge on any atom is 0.319 e. The number of amides is 1. The summed E-state index contributed by atoms with van der Waals surface area (Å²) in [6.07, 6.45) is 1.97. The average Bonchev–Trinajstić information content (AvgIpc) is 2.99. The number of rotatable bonds is 4. The first-order valence-corrected chi connectivity index (χ1v) is 5.62. The Morgan fingerprint density at radius 3 is 2.95 bits per heavy atom. The Hall–Kier alpha value is -3.11. The van der Waals surface area contributed by atoms with E-state index in [1.54, 1.807) is 6.92 Å². The van der Waals surface area contributed by atoms with Gasteiger partial charge in [-0.25, -0.2) is 10.1 Å². The normalized spacial score (nSPS) is 11.0. The van der Waals surface area contributed by atoms with E-state index in [1.807, 2.05) is 5.43 Å². The van der Waals surface area contributed by atoms with Crippen LogP contribution in [0.5, 0.6) is 0 Å². The molecule has 0 radical (unpaired) electrons. The Kier molecular flexibility index (Phi) is 3.73. The summed E-state index contributed by atoms with van der Waals surface area (Å²) in [7, 11) is 1.42. The predicted molar refractivity (Wildman–Crippen MR) is 68.2 cm³/mol. The monoisotopic (exact) mass is 295 g/mol. The molecule has 0 fully saturated rings. The van der Waals surface area contributed by atoms with Crippen LogP contribution in [0.15, 0.2) is 11.3 Å². The molecule has 2 aromatic heterocycles. The third-order valence-electron chi connectivity index (χ3n) is 2.60. The summed E-state index contributed by atoms with van der Waals surface area (Å²) in [6.45, 7) is 1.58. The molecule has 21 heavy (non-hydrogen) atoms. The van der Waals surface area contributed by atoms with Crippen molar-refractivity contribution in [1.82, 2.24) is 25.4 Å². The second-order valence-electron chi connectivity index (χ2n) is 4.00. The highest BCUT2D eigenvalue weighted by Gasteiger charge is 2.22. The van der Waals surface area contributed by atoms with Gasteiger partial charge in [-0.05, 0) is 6.92 Å². The zero-order chi connectivity index (χ0) is 15.6. The van der Waals surface area contributed by atoms with Crippen LogP contribution in [0.25, 0.3) is 0 Å². The van der Waals surface area contributed by atoms with E-state index in [4.69, 9.17) is 0 Å². The van der Waals surface area contributed by atoms with Gasteiger partial charge in [-0.1, -0.05) is 0 Å². The minimum atomic E-state index is -0.864. The number of aromatic amines is 1. The Labute approximate surface area is 116 Å². The van der Waals surface area contributed by atoms with Crippen LogP contribution in [0.4, 0.5) is 10.1 Å². The number of carbonyl (C=O) groups is 1. The maximum absolute atomic E-state index is 13.6. The topological polar surface area (TPSA) is 131 Å². The molecule has 11 heteroatoms. The maximum atomic E-state index is 13.6. The third-order valence-corrected chi connectivity index (χ3v) is 2.60. The fourth-order valence-corrected chi connectivity index (χ4v) is 1.59. The van der Waals surface area contributed by atoms with Crippen molar-refractivity contribution in [2.75, 3.05) is 0 Å². The summed E-state index contributed by atoms with van der Waals surface area (Å²) in [5.41, 5.74) is 1.71. The molecular weight excluding hydrogens is 285 g/mol. The Balaban J connectivity index is 2.12. The molecule has 0 unspecified atom stereocenters. The molecule has 0 saturated carbocycles. The lowest BCUT2D eigenvalue weighted by atomic mass is 10.3. The molecule has 0 spiro atoms. The number of halogens is 1. The number of nitrogens with zero attached hydrogens (tertiary/aromatic N) is 5. The van der Waals surface area contributed by atoms with E-state index < -0.39 is 22.5 Å². The van der Waals surface area contributed by atoms with E-state index in [0.717, 1.165) is 17.1 Å². The molecule has 0 atom stereocenters. The lowest BCUT2D eigenvalue weighted by Crippen LogP contribution is -2.19. The zero-order valence-electron chi connectivity index (χ0n) is 11.0. The lowest BCUT2D eigenvalue weighted by molar-refractivity contribution is -0.385. The minimum Gasteiger partial charge on any atom is -0.267 e. The first kappa shape index (κ1) is 14.3. The summed E-state index contributed by atoms with van der Waals surface area (Å²) in [5, 5.41) is 23.6. The largest absolute Gasteiger partial charge is 0.319 e. The van der Waals surface area contributed by atoms with Crippen LogP contribution in [0.1, 0.15) is 21.7 Å². The van der Waals surface area contributed by atoms with Crippen LogP contribution in [-0.2, 0) is 7.05 Å². The van der Waals surface area contributed by atoms with Crippen molar-refractivity contribution in [2.24, 2.45) is 12.1 Å². The first-order valence-electron chi connectivity index (χ1n) is 5.62. The summed E-state index contributed by atoms with van der Waals surface area (Å²) in [4.78, 5) is 21.6. The molecule has 0 bridgehead atoms. The Bertz CT molecular complexity index is 733. The number of nitro groups is 1. The van der Waals surface area contributed by atoms with Crippen molar-refractivity contribution < 1.29 is 14.1 Å². The lowest BCUT2D eigenvalue weighted by Gasteiger charge is -1.96. The van der Waals surface area contributed by atoms with Gasteiger partial charge >= 0.3 is 5.69 Å². The van der Waals surface area contributed by atoms with Gasteiger partial charge in [0.05, 0.1) is 22.4 Å². The molecular formula is C10H10FN7O3. The standard InChI is InChI=1S/C10H10FN7O3/c1-5-6(9(11)17(2)16-5)3-12-15-10(19)8-7(18(20)21)4-13-14-8/h3-4H,1-2H3,(H,13,14)(H,15,19)/b12-3-. The number of hydrogen-bond donors (Lipinski definition) is 2. The number of nitrogens with one attached hydrogen (secondary N) is 2. The molecule has 0 saturated heterocycles. The highest BCUT2D eigenvalue weighted by atomic mass is 19.1. The van der Waals surface area contributed by atoms with Gasteiger partial charge in [-0.15, -0.1) is 0 Å². The van der Waals surface area contributed by atoms with Crippen molar-refractivity contribution in [2.45, 2.75) is 6.92 Å². The molecule has 2 aromatic rings. The van der Waals surface area contributed by atoms with E-state index in [-0.39, 0.29) is 11.3 Å². The van der Waals surface area contributed by atoms with Gasteiger partial charge in [0.1, 0.15) is 6.20 Å². The molecule has 2 N–H and O–H groups in total. The number of aryl methyl sites for hydroxylation is 2. The molecule has 10 nitrogen and oxygen atoms in total. The molecule has 0 aliphatic carbocycles. The molecule has 1 amide bonds. The molecule has 2 heterocycles. The van der Waals surface area contributed by atoms with E-state index in [1.165, 1.54) is 7.05 Å². The Morgan fingerprint density at radius 2 is 2.38 bits per heavy atom. The molecule has 0 aromatic carbocycles. The molecule has 110 valence electrons. The fourth-order valence-electron chi connectivity index (χ4n) is 1.59. The van der Waals surface area contributed by atoms with Crippen LogP contribution >= 0.6 is 0 Å². The van der Waals surface area contributed by atoms with Crippen molar-refractivity contribution in [3.63, 3.8) is 0 Å². The zero-order valence-corrected chi connectivity index (χ0v) is 11.0. The number of hydrazone groups is 1. The van der Waals surface area contributed by atoms with E-state index in [9.17, 15) is 19.3 Å². The minimum absolute atomic E-state index is 0.108. The van der Waals surface area contributed by atoms with Crippen LogP contribution in [0.3, 0.4) is 0 Å². The SMILES string of the molecule is Cc1nn(C)c(F)c1/C=N\NC(=O)c1[nH]ncc1[N+](=O)[O-]. The van der Waals surface area contributed by atoms with Crippen LogP contribution in [0.2, 0.25) is 0 Å².